The van der Waals surface area contributed by atoms with E-state index in [9.17, 15) is 19.8 Å². The van der Waals surface area contributed by atoms with Gasteiger partial charge in [0.2, 0.25) is 0 Å². The van der Waals surface area contributed by atoms with E-state index in [4.69, 9.17) is 0 Å². The van der Waals surface area contributed by atoms with Crippen LogP contribution >= 0.6 is 15.9 Å². The summed E-state index contributed by atoms with van der Waals surface area (Å²) in [5.74, 6) is -3.26. The van der Waals surface area contributed by atoms with Gasteiger partial charge >= 0.3 is 19.5 Å². The van der Waals surface area contributed by atoms with E-state index in [-0.39, 0.29) is 24.0 Å². The molecule has 0 spiro atoms. The van der Waals surface area contributed by atoms with Crippen LogP contribution in [0.1, 0.15) is 20.8 Å². The Bertz CT molecular complexity index is 382. The molecular formula is C7H2BrNO4Zn. The molecule has 0 aliphatic carbocycles. The van der Waals surface area contributed by atoms with Crippen molar-refractivity contribution in [2.75, 3.05) is 0 Å². The van der Waals surface area contributed by atoms with Gasteiger partial charge in [0.05, 0.1) is 17.6 Å². The van der Waals surface area contributed by atoms with E-state index >= 15 is 0 Å². The largest absolute Gasteiger partial charge is 2.00 e. The molecule has 0 unspecified atom stereocenters. The normalized spacial score (nSPS) is 8.93. The molecule has 0 saturated heterocycles. The first-order valence-electron chi connectivity index (χ1n) is 3.11. The van der Waals surface area contributed by atoms with Gasteiger partial charge in [0, 0.05) is 16.2 Å². The summed E-state index contributed by atoms with van der Waals surface area (Å²) in [7, 11) is 0. The maximum Gasteiger partial charge on any atom is 2.00 e. The first-order chi connectivity index (χ1) is 6.04. The Balaban J connectivity index is 0.00000169. The number of rotatable bonds is 2. The molecule has 7 heteroatoms. The third-order valence-corrected chi connectivity index (χ3v) is 1.96. The van der Waals surface area contributed by atoms with Crippen LogP contribution in [0.25, 0.3) is 0 Å². The van der Waals surface area contributed by atoms with Gasteiger partial charge in [-0.05, 0) is 22.0 Å². The van der Waals surface area contributed by atoms with E-state index in [1.54, 1.807) is 0 Å². The molecule has 0 aliphatic rings. The monoisotopic (exact) mass is 307 g/mol. The minimum atomic E-state index is -1.65. The number of hydrogen-bond donors (Lipinski definition) is 0. The summed E-state index contributed by atoms with van der Waals surface area (Å²) in [5, 5.41) is 20.9. The summed E-state index contributed by atoms with van der Waals surface area (Å²) in [6.07, 6.45) is 1.15. The van der Waals surface area contributed by atoms with Gasteiger partial charge in [-0.1, -0.05) is 0 Å². The van der Waals surface area contributed by atoms with Crippen molar-refractivity contribution in [3.8, 4) is 0 Å². The van der Waals surface area contributed by atoms with E-state index < -0.39 is 23.2 Å². The number of carbonyl (C=O) groups is 2. The number of hydrogen-bond acceptors (Lipinski definition) is 5. The molecule has 68 valence electrons. The Morgan fingerprint density at radius 1 is 1.29 bits per heavy atom. The molecule has 0 radical (unpaired) electrons. The molecule has 0 N–H and O–H groups in total. The topological polar surface area (TPSA) is 93.2 Å². The Hall–Kier alpha value is -0.807. The molecule has 1 aromatic rings. The van der Waals surface area contributed by atoms with Gasteiger partial charge in [-0.25, -0.2) is 0 Å². The van der Waals surface area contributed by atoms with Gasteiger partial charge in [-0.3, -0.25) is 4.98 Å². The summed E-state index contributed by atoms with van der Waals surface area (Å²) in [6, 6.07) is 1.30. The number of carbonyl (C=O) groups excluding carboxylic acids is 2. The average molecular weight is 309 g/mol. The van der Waals surface area contributed by atoms with E-state index in [2.05, 4.69) is 20.9 Å². The first-order valence-corrected chi connectivity index (χ1v) is 3.90. The quantitative estimate of drug-likeness (QED) is 0.624. The van der Waals surface area contributed by atoms with Crippen molar-refractivity contribution < 1.29 is 39.3 Å². The number of halogens is 1. The van der Waals surface area contributed by atoms with Crippen molar-refractivity contribution in [3.05, 3.63) is 28.0 Å². The van der Waals surface area contributed by atoms with Gasteiger partial charge in [-0.2, -0.15) is 0 Å². The molecule has 0 aromatic carbocycles. The predicted octanol–water partition coefficient (Wildman–Crippen LogP) is -1.43. The third kappa shape index (κ3) is 2.59. The fraction of sp³-hybridized carbons (Fsp3) is 0. The van der Waals surface area contributed by atoms with Gasteiger partial charge < -0.3 is 19.8 Å². The molecule has 0 fully saturated rings. The summed E-state index contributed by atoms with van der Waals surface area (Å²) >= 11 is 2.86. The molecule has 0 bridgehead atoms. The molecule has 1 aromatic heterocycles. The Morgan fingerprint density at radius 3 is 2.21 bits per heavy atom. The van der Waals surface area contributed by atoms with Crippen LogP contribution < -0.4 is 10.2 Å². The Morgan fingerprint density at radius 2 is 1.86 bits per heavy atom. The molecule has 14 heavy (non-hydrogen) atoms. The van der Waals surface area contributed by atoms with Crippen molar-refractivity contribution >= 4 is 27.9 Å². The van der Waals surface area contributed by atoms with E-state index in [1.807, 2.05) is 0 Å². The number of aromatic nitrogens is 1. The van der Waals surface area contributed by atoms with Crippen molar-refractivity contribution in [2.24, 2.45) is 0 Å². The zero-order valence-corrected chi connectivity index (χ0v) is 11.4. The summed E-state index contributed by atoms with van der Waals surface area (Å²) in [4.78, 5) is 24.2. The number of pyridine rings is 1. The van der Waals surface area contributed by atoms with E-state index in [1.165, 1.54) is 6.07 Å². The summed E-state index contributed by atoms with van der Waals surface area (Å²) in [5.41, 5.74) is -1.16. The molecule has 0 aliphatic heterocycles. The molecule has 0 saturated carbocycles. The summed E-state index contributed by atoms with van der Waals surface area (Å²) in [6.45, 7) is 0. The van der Waals surface area contributed by atoms with Gasteiger partial charge in [-0.15, -0.1) is 0 Å². The van der Waals surface area contributed by atoms with Crippen molar-refractivity contribution in [3.63, 3.8) is 0 Å². The zero-order chi connectivity index (χ0) is 10.0. The van der Waals surface area contributed by atoms with Crippen LogP contribution in [0.4, 0.5) is 0 Å². The average Bonchev–Trinajstić information content (AvgIpc) is 2.02. The maximum atomic E-state index is 10.5. The SMILES string of the molecule is O=C([O-])c1nccc(Br)c1C(=O)[O-].[Zn+2]. The second-order valence-electron chi connectivity index (χ2n) is 2.09. The van der Waals surface area contributed by atoms with Crippen LogP contribution in [-0.4, -0.2) is 16.9 Å². The van der Waals surface area contributed by atoms with Crippen molar-refractivity contribution in [2.45, 2.75) is 0 Å². The number of nitrogens with zero attached hydrogens (tertiary/aromatic N) is 1. The number of aromatic carboxylic acids is 2. The van der Waals surface area contributed by atoms with E-state index in [0.717, 1.165) is 6.20 Å². The number of carboxylic acids is 2. The predicted molar refractivity (Wildman–Crippen MR) is 40.6 cm³/mol. The van der Waals surface area contributed by atoms with Crippen LogP contribution in [0.3, 0.4) is 0 Å². The van der Waals surface area contributed by atoms with Gasteiger partial charge in [0.15, 0.2) is 0 Å². The number of carboxylic acid groups (broad SMARTS) is 2. The minimum Gasteiger partial charge on any atom is -0.545 e. The summed E-state index contributed by atoms with van der Waals surface area (Å²) < 4.78 is 0.0988. The second kappa shape index (κ2) is 5.17. The fourth-order valence-corrected chi connectivity index (χ4v) is 1.26. The molecular weight excluding hydrogens is 307 g/mol. The van der Waals surface area contributed by atoms with Crippen LogP contribution in [0.2, 0.25) is 0 Å². The van der Waals surface area contributed by atoms with Crippen molar-refractivity contribution in [1.82, 2.24) is 4.98 Å². The molecule has 1 rings (SSSR count). The third-order valence-electron chi connectivity index (χ3n) is 1.30. The van der Waals surface area contributed by atoms with Crippen LogP contribution in [-0.2, 0) is 19.5 Å². The molecule has 0 atom stereocenters. The Kier molecular flexibility index (Phi) is 4.87. The smallest absolute Gasteiger partial charge is 0.545 e. The van der Waals surface area contributed by atoms with Crippen LogP contribution in [0.15, 0.2) is 16.7 Å². The molecule has 5 nitrogen and oxygen atoms in total. The fourth-order valence-electron chi connectivity index (χ4n) is 0.787. The Labute approximate surface area is 100 Å². The maximum absolute atomic E-state index is 10.5. The second-order valence-corrected chi connectivity index (χ2v) is 2.95. The minimum absolute atomic E-state index is 0. The first kappa shape index (κ1) is 13.2. The zero-order valence-electron chi connectivity index (χ0n) is 6.82. The van der Waals surface area contributed by atoms with Crippen LogP contribution in [0.5, 0.6) is 0 Å². The molecule has 0 amide bonds. The van der Waals surface area contributed by atoms with Gasteiger partial charge in [0.1, 0.15) is 0 Å². The standard InChI is InChI=1S/C7H4BrNO4.Zn/c8-3-1-2-9-5(7(12)13)4(3)6(10)11;/h1-2H,(H,10,11)(H,12,13);/q;+2/p-2. The van der Waals surface area contributed by atoms with Crippen molar-refractivity contribution in [1.29, 1.82) is 0 Å². The van der Waals surface area contributed by atoms with Gasteiger partial charge in [0.25, 0.3) is 0 Å². The van der Waals surface area contributed by atoms with Crippen LogP contribution in [0, 0.1) is 0 Å². The van der Waals surface area contributed by atoms with E-state index in [0.29, 0.717) is 0 Å². The molecule has 1 heterocycles.